The van der Waals surface area contributed by atoms with Crippen molar-refractivity contribution in [3.05, 3.63) is 59.7 Å². The van der Waals surface area contributed by atoms with Gasteiger partial charge in [-0.15, -0.1) is 0 Å². The molecule has 0 aromatic heterocycles. The van der Waals surface area contributed by atoms with Gasteiger partial charge in [0, 0.05) is 12.1 Å². The number of benzene rings is 2. The Hall–Kier alpha value is -2.51. The maximum atomic E-state index is 12.2. The Bertz CT molecular complexity index is 921. The van der Waals surface area contributed by atoms with Gasteiger partial charge in [0.25, 0.3) is 0 Å². The number of amides is 1. The molecule has 172 valence electrons. The first-order valence-corrected chi connectivity index (χ1v) is 11.0. The Balaban J connectivity index is 1.80. The number of hydrogen-bond donors (Lipinski definition) is 1. The second kappa shape index (κ2) is 9.16. The third-order valence-corrected chi connectivity index (χ3v) is 5.67. The van der Waals surface area contributed by atoms with Crippen molar-refractivity contribution in [1.82, 2.24) is 5.32 Å². The van der Waals surface area contributed by atoms with E-state index in [9.17, 15) is 4.79 Å². The van der Waals surface area contributed by atoms with Crippen molar-refractivity contribution < 1.29 is 23.6 Å². The molecule has 7 heteroatoms. The number of carbonyl (C=O) groups excluding carboxylic acids is 1. The standard InChI is InChI=1S/C25H34BNO5/c1-23(2,3)30-22(28)27-16-19-15-20(26-31-24(4,5)25(6,7)32-26)13-14-21(19)29-17-18-11-9-8-10-12-18/h8-15H,16-17H2,1-7H3,(H,27,28). The number of alkyl carbamates (subject to hydrolysis) is 1. The molecule has 3 rings (SSSR count). The van der Waals surface area contributed by atoms with Gasteiger partial charge in [-0.3, -0.25) is 0 Å². The Morgan fingerprint density at radius 2 is 1.62 bits per heavy atom. The first kappa shape index (κ1) is 24.1. The van der Waals surface area contributed by atoms with Gasteiger partial charge in [-0.25, -0.2) is 4.79 Å². The SMILES string of the molecule is CC(C)(C)OC(=O)NCc1cc(B2OC(C)(C)C(C)(C)O2)ccc1OCc1ccccc1. The summed E-state index contributed by atoms with van der Waals surface area (Å²) in [5.74, 6) is 0.685. The van der Waals surface area contributed by atoms with Gasteiger partial charge in [-0.1, -0.05) is 42.5 Å². The van der Waals surface area contributed by atoms with Gasteiger partial charge >= 0.3 is 13.2 Å². The largest absolute Gasteiger partial charge is 0.494 e. The van der Waals surface area contributed by atoms with Crippen LogP contribution in [-0.2, 0) is 27.2 Å². The Labute approximate surface area is 191 Å². The lowest BCUT2D eigenvalue weighted by Gasteiger charge is -2.32. The molecule has 0 bridgehead atoms. The highest BCUT2D eigenvalue weighted by Crippen LogP contribution is 2.36. The molecule has 1 amide bonds. The van der Waals surface area contributed by atoms with E-state index in [2.05, 4.69) is 5.32 Å². The highest BCUT2D eigenvalue weighted by Gasteiger charge is 2.51. The lowest BCUT2D eigenvalue weighted by atomic mass is 9.78. The summed E-state index contributed by atoms with van der Waals surface area (Å²) in [6.07, 6.45) is -0.479. The van der Waals surface area contributed by atoms with Gasteiger partial charge in [-0.2, -0.15) is 0 Å². The lowest BCUT2D eigenvalue weighted by Crippen LogP contribution is -2.41. The molecule has 0 aliphatic carbocycles. The lowest BCUT2D eigenvalue weighted by molar-refractivity contribution is 0.00578. The molecule has 0 spiro atoms. The van der Waals surface area contributed by atoms with Crippen molar-refractivity contribution in [2.45, 2.75) is 78.4 Å². The van der Waals surface area contributed by atoms with E-state index in [0.29, 0.717) is 12.4 Å². The van der Waals surface area contributed by atoms with Gasteiger partial charge in [0.1, 0.15) is 18.0 Å². The molecular formula is C25H34BNO5. The average molecular weight is 439 g/mol. The van der Waals surface area contributed by atoms with Crippen molar-refractivity contribution in [3.8, 4) is 5.75 Å². The Morgan fingerprint density at radius 1 is 1.00 bits per heavy atom. The van der Waals surface area contributed by atoms with Crippen molar-refractivity contribution in [2.24, 2.45) is 0 Å². The average Bonchev–Trinajstić information content (AvgIpc) is 2.91. The molecule has 1 heterocycles. The van der Waals surface area contributed by atoms with Crippen molar-refractivity contribution in [3.63, 3.8) is 0 Å². The van der Waals surface area contributed by atoms with Gasteiger partial charge < -0.3 is 24.1 Å². The minimum atomic E-state index is -0.568. The zero-order valence-corrected chi connectivity index (χ0v) is 20.2. The van der Waals surface area contributed by atoms with E-state index in [1.165, 1.54) is 0 Å². The van der Waals surface area contributed by atoms with Crippen molar-refractivity contribution in [2.75, 3.05) is 0 Å². The fourth-order valence-corrected chi connectivity index (χ4v) is 3.22. The van der Waals surface area contributed by atoms with E-state index in [4.69, 9.17) is 18.8 Å². The van der Waals surface area contributed by atoms with Crippen LogP contribution in [0.2, 0.25) is 0 Å². The first-order chi connectivity index (χ1) is 14.9. The highest BCUT2D eigenvalue weighted by atomic mass is 16.7. The molecule has 0 unspecified atom stereocenters. The van der Waals surface area contributed by atoms with Crippen molar-refractivity contribution >= 4 is 18.7 Å². The fourth-order valence-electron chi connectivity index (χ4n) is 3.22. The molecule has 6 nitrogen and oxygen atoms in total. The van der Waals surface area contributed by atoms with Crippen molar-refractivity contribution in [1.29, 1.82) is 0 Å². The summed E-state index contributed by atoms with van der Waals surface area (Å²) in [4.78, 5) is 12.2. The zero-order valence-electron chi connectivity index (χ0n) is 20.2. The zero-order chi connectivity index (χ0) is 23.6. The van der Waals surface area contributed by atoms with E-state index in [1.54, 1.807) is 0 Å². The van der Waals surface area contributed by atoms with Gasteiger partial charge in [0.2, 0.25) is 0 Å². The number of carbonyl (C=O) groups is 1. The van der Waals surface area contributed by atoms with Crippen LogP contribution in [0.5, 0.6) is 5.75 Å². The summed E-state index contributed by atoms with van der Waals surface area (Å²) in [5.41, 5.74) is 1.31. The summed E-state index contributed by atoms with van der Waals surface area (Å²) < 4.78 is 23.8. The number of nitrogens with one attached hydrogen (secondary N) is 1. The molecule has 1 N–H and O–H groups in total. The van der Waals surface area contributed by atoms with Crippen LogP contribution < -0.4 is 15.5 Å². The summed E-state index contributed by atoms with van der Waals surface area (Å²) in [7, 11) is -0.497. The molecule has 0 atom stereocenters. The summed E-state index contributed by atoms with van der Waals surface area (Å²) in [6, 6.07) is 15.7. The molecular weight excluding hydrogens is 405 g/mol. The van der Waals surface area contributed by atoms with Crippen LogP contribution >= 0.6 is 0 Å². The molecule has 0 radical (unpaired) electrons. The van der Waals surface area contributed by atoms with E-state index >= 15 is 0 Å². The minimum Gasteiger partial charge on any atom is -0.489 e. The molecule has 1 saturated heterocycles. The van der Waals surface area contributed by atoms with E-state index in [0.717, 1.165) is 16.6 Å². The molecule has 2 aromatic carbocycles. The first-order valence-electron chi connectivity index (χ1n) is 11.0. The fraction of sp³-hybridized carbons (Fsp3) is 0.480. The predicted molar refractivity (Wildman–Crippen MR) is 126 cm³/mol. The minimum absolute atomic E-state index is 0.256. The van der Waals surface area contributed by atoms with Crippen LogP contribution in [0.4, 0.5) is 4.79 Å². The maximum absolute atomic E-state index is 12.2. The summed E-state index contributed by atoms with van der Waals surface area (Å²) in [5, 5.41) is 2.82. The van der Waals surface area contributed by atoms with Crippen LogP contribution in [-0.4, -0.2) is 30.0 Å². The second-order valence-electron chi connectivity index (χ2n) is 10.1. The highest BCUT2D eigenvalue weighted by molar-refractivity contribution is 6.62. The van der Waals surface area contributed by atoms with Gasteiger partial charge in [0.15, 0.2) is 0 Å². The third-order valence-electron chi connectivity index (χ3n) is 5.67. The molecule has 0 saturated carbocycles. The second-order valence-corrected chi connectivity index (χ2v) is 10.1. The molecule has 2 aromatic rings. The van der Waals surface area contributed by atoms with E-state index < -0.39 is 30.0 Å². The van der Waals surface area contributed by atoms with Crippen LogP contribution in [0, 0.1) is 0 Å². The smallest absolute Gasteiger partial charge is 0.489 e. The van der Waals surface area contributed by atoms with Crippen LogP contribution in [0.3, 0.4) is 0 Å². The monoisotopic (exact) mass is 439 g/mol. The number of ether oxygens (including phenoxy) is 2. The quantitative estimate of drug-likeness (QED) is 0.667. The van der Waals surface area contributed by atoms with Crippen LogP contribution in [0.25, 0.3) is 0 Å². The topological polar surface area (TPSA) is 66.0 Å². The van der Waals surface area contributed by atoms with E-state index in [1.807, 2.05) is 97.0 Å². The maximum Gasteiger partial charge on any atom is 0.494 e. The summed E-state index contributed by atoms with van der Waals surface area (Å²) in [6.45, 7) is 14.3. The molecule has 1 fully saturated rings. The molecule has 1 aliphatic heterocycles. The number of rotatable bonds is 6. The summed E-state index contributed by atoms with van der Waals surface area (Å²) >= 11 is 0. The Morgan fingerprint density at radius 3 is 2.22 bits per heavy atom. The predicted octanol–water partition coefficient (Wildman–Crippen LogP) is 4.59. The molecule has 1 aliphatic rings. The van der Waals surface area contributed by atoms with E-state index in [-0.39, 0.29) is 6.54 Å². The van der Waals surface area contributed by atoms with Gasteiger partial charge in [-0.05, 0) is 65.6 Å². The van der Waals surface area contributed by atoms with Gasteiger partial charge in [0.05, 0.1) is 11.2 Å². The molecule has 32 heavy (non-hydrogen) atoms. The third kappa shape index (κ3) is 6.05. The Kier molecular flexibility index (Phi) is 6.91. The number of hydrogen-bond acceptors (Lipinski definition) is 5. The normalized spacial score (nSPS) is 17.2. The van der Waals surface area contributed by atoms with Crippen LogP contribution in [0.1, 0.15) is 59.6 Å². The van der Waals surface area contributed by atoms with Crippen LogP contribution in [0.15, 0.2) is 48.5 Å².